The molecule has 0 fully saturated rings. The molecule has 1 amide bonds. The number of nitrogens with zero attached hydrogens (tertiary/aromatic N) is 2. The second-order valence-corrected chi connectivity index (χ2v) is 6.87. The van der Waals surface area contributed by atoms with E-state index in [1.54, 1.807) is 28.5 Å². The van der Waals surface area contributed by atoms with Crippen LogP contribution in [-0.2, 0) is 0 Å². The van der Waals surface area contributed by atoms with Gasteiger partial charge in [-0.1, -0.05) is 11.8 Å². The van der Waals surface area contributed by atoms with Crippen molar-refractivity contribution in [3.63, 3.8) is 0 Å². The highest BCUT2D eigenvalue weighted by Crippen LogP contribution is 2.30. The minimum Gasteiger partial charge on any atom is -0.375 e. The van der Waals surface area contributed by atoms with Crippen molar-refractivity contribution in [2.24, 2.45) is 0 Å². The van der Waals surface area contributed by atoms with Crippen LogP contribution in [0.1, 0.15) is 10.5 Å². The van der Waals surface area contributed by atoms with Gasteiger partial charge in [-0.25, -0.2) is 9.97 Å². The first-order chi connectivity index (χ1) is 9.65. The number of nitrogens with one attached hydrogen (secondary N) is 1. The summed E-state index contributed by atoms with van der Waals surface area (Å²) < 4.78 is 2.06. The number of nitrogen functional groups attached to an aromatic ring is 1. The fourth-order valence-electron chi connectivity index (χ4n) is 1.66. The maximum Gasteiger partial charge on any atom is 0.275 e. The van der Waals surface area contributed by atoms with Crippen LogP contribution >= 0.6 is 34.4 Å². The van der Waals surface area contributed by atoms with Crippen LogP contribution in [0.5, 0.6) is 0 Å². The highest BCUT2D eigenvalue weighted by atomic mass is 32.2. The van der Waals surface area contributed by atoms with Crippen LogP contribution in [0.4, 0.5) is 10.8 Å². The fourth-order valence-corrected chi connectivity index (χ4v) is 3.73. The van der Waals surface area contributed by atoms with Gasteiger partial charge >= 0.3 is 0 Å². The lowest BCUT2D eigenvalue weighted by Gasteiger charge is -2.02. The first-order valence-electron chi connectivity index (χ1n) is 5.62. The zero-order chi connectivity index (χ0) is 14.1. The van der Waals surface area contributed by atoms with Crippen molar-refractivity contribution in [2.75, 3.05) is 17.3 Å². The first-order valence-corrected chi connectivity index (χ1v) is 8.55. The highest BCUT2D eigenvalue weighted by molar-refractivity contribution is 8.00. The van der Waals surface area contributed by atoms with Gasteiger partial charge in [-0.3, -0.25) is 4.79 Å². The molecule has 0 saturated carbocycles. The van der Waals surface area contributed by atoms with Gasteiger partial charge in [-0.2, -0.15) is 0 Å². The number of carbonyl (C=O) groups is 1. The number of carbonyl (C=O) groups excluding carboxylic acids is 1. The molecule has 1 aromatic carbocycles. The Bertz CT molecular complexity index is 780. The molecule has 0 bridgehead atoms. The highest BCUT2D eigenvalue weighted by Gasteiger charge is 2.11. The predicted octanol–water partition coefficient (Wildman–Crippen LogP) is 3.31. The lowest BCUT2D eigenvalue weighted by molar-refractivity contribution is 0.102. The third-order valence-corrected chi connectivity index (χ3v) is 5.23. The molecule has 20 heavy (non-hydrogen) atoms. The number of nitrogens with two attached hydrogens (primary N) is 1. The molecule has 0 aliphatic carbocycles. The Balaban J connectivity index is 1.85. The van der Waals surface area contributed by atoms with Crippen LogP contribution in [0, 0.1) is 0 Å². The number of thioether (sulfide) groups is 1. The van der Waals surface area contributed by atoms with Gasteiger partial charge in [0.25, 0.3) is 5.91 Å². The van der Waals surface area contributed by atoms with Gasteiger partial charge in [0.15, 0.2) is 9.47 Å². The summed E-state index contributed by atoms with van der Waals surface area (Å²) in [6, 6.07) is 5.65. The molecule has 3 aromatic rings. The average molecular weight is 322 g/mol. The van der Waals surface area contributed by atoms with Gasteiger partial charge in [0.1, 0.15) is 5.69 Å². The van der Waals surface area contributed by atoms with E-state index >= 15 is 0 Å². The summed E-state index contributed by atoms with van der Waals surface area (Å²) in [5.41, 5.74) is 7.52. The Morgan fingerprint density at radius 3 is 2.95 bits per heavy atom. The molecule has 8 heteroatoms. The van der Waals surface area contributed by atoms with Crippen LogP contribution in [0.15, 0.2) is 27.9 Å². The Hall–Kier alpha value is -1.64. The third-order valence-electron chi connectivity index (χ3n) is 2.56. The normalized spacial score (nSPS) is 10.8. The molecular formula is C12H10N4OS3. The van der Waals surface area contributed by atoms with Crippen molar-refractivity contribution < 1.29 is 4.79 Å². The number of aromatic nitrogens is 2. The number of thiazole rings is 2. The summed E-state index contributed by atoms with van der Waals surface area (Å²) in [6.45, 7) is 0. The Kier molecular flexibility index (Phi) is 3.60. The summed E-state index contributed by atoms with van der Waals surface area (Å²) in [5.74, 6) is -0.257. The van der Waals surface area contributed by atoms with Crippen LogP contribution in [-0.4, -0.2) is 22.1 Å². The standard InChI is InChI=1S/C12H10N4OS3/c1-18-12-16-7-3-2-6(4-9(7)20-12)14-10(17)8-5-19-11(13)15-8/h2-5H,1H3,(H2,13,15)(H,14,17). The summed E-state index contributed by atoms with van der Waals surface area (Å²) in [6.07, 6.45) is 1.99. The molecule has 0 spiro atoms. The van der Waals surface area contributed by atoms with E-state index in [-0.39, 0.29) is 5.91 Å². The molecule has 2 heterocycles. The second-order valence-electron chi connectivity index (χ2n) is 3.89. The van der Waals surface area contributed by atoms with Crippen molar-refractivity contribution in [1.29, 1.82) is 0 Å². The Labute approximate surface area is 127 Å². The molecule has 3 rings (SSSR count). The largest absolute Gasteiger partial charge is 0.375 e. The fraction of sp³-hybridized carbons (Fsp3) is 0.0833. The molecule has 0 unspecified atom stereocenters. The van der Waals surface area contributed by atoms with E-state index in [0.29, 0.717) is 10.8 Å². The molecule has 0 radical (unpaired) electrons. The lowest BCUT2D eigenvalue weighted by Crippen LogP contribution is -2.12. The van der Waals surface area contributed by atoms with Gasteiger partial charge in [0.05, 0.1) is 10.2 Å². The number of anilines is 2. The van der Waals surface area contributed by atoms with Crippen molar-refractivity contribution in [1.82, 2.24) is 9.97 Å². The van der Waals surface area contributed by atoms with Gasteiger partial charge in [0, 0.05) is 11.1 Å². The Morgan fingerprint density at radius 1 is 1.40 bits per heavy atom. The maximum atomic E-state index is 12.0. The lowest BCUT2D eigenvalue weighted by atomic mass is 10.3. The zero-order valence-corrected chi connectivity index (χ0v) is 12.9. The molecular weight excluding hydrogens is 312 g/mol. The minimum atomic E-state index is -0.257. The molecule has 102 valence electrons. The smallest absolute Gasteiger partial charge is 0.275 e. The summed E-state index contributed by atoms with van der Waals surface area (Å²) in [7, 11) is 0. The van der Waals surface area contributed by atoms with Crippen molar-refractivity contribution in [3.05, 3.63) is 29.3 Å². The van der Waals surface area contributed by atoms with Crippen LogP contribution in [0.25, 0.3) is 10.2 Å². The van der Waals surface area contributed by atoms with E-state index in [0.717, 1.165) is 20.2 Å². The SMILES string of the molecule is CSc1nc2ccc(NC(=O)c3csc(N)n3)cc2s1. The predicted molar refractivity (Wildman–Crippen MR) is 85.9 cm³/mol. The molecule has 0 aliphatic rings. The molecule has 0 saturated heterocycles. The van der Waals surface area contributed by atoms with Crippen LogP contribution in [0.3, 0.4) is 0 Å². The summed E-state index contributed by atoms with van der Waals surface area (Å²) in [5, 5.41) is 4.84. The van der Waals surface area contributed by atoms with E-state index in [4.69, 9.17) is 5.73 Å². The van der Waals surface area contributed by atoms with Gasteiger partial charge in [0.2, 0.25) is 0 Å². The molecule has 5 nitrogen and oxygen atoms in total. The number of rotatable bonds is 3. The maximum absolute atomic E-state index is 12.0. The van der Waals surface area contributed by atoms with E-state index < -0.39 is 0 Å². The first kappa shape index (κ1) is 13.3. The summed E-state index contributed by atoms with van der Waals surface area (Å²) in [4.78, 5) is 20.4. The van der Waals surface area contributed by atoms with E-state index in [2.05, 4.69) is 15.3 Å². The number of hydrogen-bond acceptors (Lipinski definition) is 7. The molecule has 0 atom stereocenters. The van der Waals surface area contributed by atoms with E-state index in [1.807, 2.05) is 24.5 Å². The van der Waals surface area contributed by atoms with Crippen LogP contribution < -0.4 is 11.1 Å². The number of hydrogen-bond donors (Lipinski definition) is 2. The van der Waals surface area contributed by atoms with Crippen molar-refractivity contribution in [2.45, 2.75) is 4.34 Å². The topological polar surface area (TPSA) is 80.9 Å². The molecule has 2 aromatic heterocycles. The zero-order valence-electron chi connectivity index (χ0n) is 10.4. The number of benzene rings is 1. The number of fused-ring (bicyclic) bond motifs is 1. The molecule has 0 aliphatic heterocycles. The average Bonchev–Trinajstić information content (AvgIpc) is 3.03. The van der Waals surface area contributed by atoms with E-state index in [9.17, 15) is 4.79 Å². The minimum absolute atomic E-state index is 0.257. The quantitative estimate of drug-likeness (QED) is 0.723. The van der Waals surface area contributed by atoms with Gasteiger partial charge in [-0.15, -0.1) is 22.7 Å². The van der Waals surface area contributed by atoms with Crippen molar-refractivity contribution in [3.8, 4) is 0 Å². The summed E-state index contributed by atoms with van der Waals surface area (Å²) >= 11 is 4.46. The van der Waals surface area contributed by atoms with E-state index in [1.165, 1.54) is 11.3 Å². The van der Waals surface area contributed by atoms with Crippen LogP contribution in [0.2, 0.25) is 0 Å². The number of amides is 1. The monoisotopic (exact) mass is 322 g/mol. The van der Waals surface area contributed by atoms with Gasteiger partial charge in [-0.05, 0) is 24.5 Å². The third kappa shape index (κ3) is 2.62. The van der Waals surface area contributed by atoms with Crippen molar-refractivity contribution >= 4 is 61.4 Å². The second kappa shape index (κ2) is 5.39. The Morgan fingerprint density at radius 2 is 2.25 bits per heavy atom. The molecule has 3 N–H and O–H groups in total. The van der Waals surface area contributed by atoms with Gasteiger partial charge < -0.3 is 11.1 Å².